The normalized spacial score (nSPS) is 15.5. The highest BCUT2D eigenvalue weighted by atomic mass is 16.6. The zero-order chi connectivity index (χ0) is 16.2. The van der Waals surface area contributed by atoms with Gasteiger partial charge in [-0.2, -0.15) is 0 Å². The molecule has 122 valence electrons. The van der Waals surface area contributed by atoms with Crippen LogP contribution in [0.15, 0.2) is 12.3 Å². The predicted octanol–water partition coefficient (Wildman–Crippen LogP) is 2.25. The molecule has 0 atom stereocenters. The number of pyridine rings is 1. The van der Waals surface area contributed by atoms with E-state index in [1.807, 2.05) is 33.9 Å². The molecule has 22 heavy (non-hydrogen) atoms. The van der Waals surface area contributed by atoms with Crippen molar-refractivity contribution in [2.45, 2.75) is 39.8 Å². The Morgan fingerprint density at radius 1 is 1.41 bits per heavy atom. The van der Waals surface area contributed by atoms with Crippen molar-refractivity contribution in [3.05, 3.63) is 23.4 Å². The number of hydrogen-bond acceptors (Lipinski definition) is 5. The molecule has 1 aromatic heterocycles. The van der Waals surface area contributed by atoms with Crippen LogP contribution in [0.3, 0.4) is 0 Å². The molecule has 1 saturated heterocycles. The fourth-order valence-corrected chi connectivity index (χ4v) is 2.20. The smallest absolute Gasteiger partial charge is 0.407 e. The maximum atomic E-state index is 11.7. The molecule has 1 aromatic rings. The van der Waals surface area contributed by atoms with E-state index < -0.39 is 11.7 Å². The lowest BCUT2D eigenvalue weighted by atomic mass is 10.1. The first-order valence-electron chi connectivity index (χ1n) is 7.60. The minimum Gasteiger partial charge on any atom is -0.444 e. The molecule has 2 rings (SSSR count). The van der Waals surface area contributed by atoms with Gasteiger partial charge in [-0.1, -0.05) is 0 Å². The number of hydrogen-bond donors (Lipinski definition) is 1. The highest BCUT2D eigenvalue weighted by Gasteiger charge is 2.17. The molecule has 2 heterocycles. The molecular formula is C16H25N3O3. The van der Waals surface area contributed by atoms with E-state index >= 15 is 0 Å². The number of nitrogens with zero attached hydrogens (tertiary/aromatic N) is 2. The van der Waals surface area contributed by atoms with Crippen LogP contribution in [0, 0.1) is 6.92 Å². The number of ether oxygens (including phenoxy) is 2. The van der Waals surface area contributed by atoms with E-state index in [2.05, 4.69) is 21.3 Å². The van der Waals surface area contributed by atoms with Crippen LogP contribution in [0.25, 0.3) is 0 Å². The average molecular weight is 307 g/mol. The van der Waals surface area contributed by atoms with Gasteiger partial charge in [0.05, 0.1) is 13.2 Å². The molecule has 6 nitrogen and oxygen atoms in total. The van der Waals surface area contributed by atoms with Crippen LogP contribution in [0.4, 0.5) is 10.6 Å². The summed E-state index contributed by atoms with van der Waals surface area (Å²) in [6, 6.07) is 2.05. The van der Waals surface area contributed by atoms with Crippen molar-refractivity contribution in [3.63, 3.8) is 0 Å². The first kappa shape index (κ1) is 16.5. The molecule has 1 aliphatic rings. The predicted molar refractivity (Wildman–Crippen MR) is 85.1 cm³/mol. The molecular weight excluding hydrogens is 282 g/mol. The Labute approximate surface area is 131 Å². The zero-order valence-electron chi connectivity index (χ0n) is 13.8. The molecule has 0 spiro atoms. The Balaban J connectivity index is 1.93. The first-order chi connectivity index (χ1) is 10.3. The summed E-state index contributed by atoms with van der Waals surface area (Å²) in [4.78, 5) is 18.4. The molecule has 1 N–H and O–H groups in total. The standard InChI is InChI=1S/C16H25N3O3/c1-12-9-14(19-5-7-21-8-6-19)17-10-13(12)11-18-15(20)22-16(2,3)4/h9-10H,5-8,11H2,1-4H3,(H,18,20). The second-order valence-electron chi connectivity index (χ2n) is 6.42. The van der Waals surface area contributed by atoms with Gasteiger partial charge in [-0.05, 0) is 44.9 Å². The maximum absolute atomic E-state index is 11.7. The number of amides is 1. The number of carbonyl (C=O) groups excluding carboxylic acids is 1. The summed E-state index contributed by atoms with van der Waals surface area (Å²) in [5.74, 6) is 0.960. The summed E-state index contributed by atoms with van der Waals surface area (Å²) in [5.41, 5.74) is 1.60. The van der Waals surface area contributed by atoms with Crippen molar-refractivity contribution in [3.8, 4) is 0 Å². The molecule has 1 amide bonds. The minimum atomic E-state index is -0.489. The van der Waals surface area contributed by atoms with E-state index in [0.29, 0.717) is 6.54 Å². The van der Waals surface area contributed by atoms with E-state index in [1.54, 1.807) is 0 Å². The number of aromatic nitrogens is 1. The largest absolute Gasteiger partial charge is 0.444 e. The van der Waals surface area contributed by atoms with E-state index in [1.165, 1.54) is 0 Å². The maximum Gasteiger partial charge on any atom is 0.407 e. The summed E-state index contributed by atoms with van der Waals surface area (Å²) in [7, 11) is 0. The molecule has 0 aliphatic carbocycles. The number of anilines is 1. The highest BCUT2D eigenvalue weighted by molar-refractivity contribution is 5.67. The van der Waals surface area contributed by atoms with E-state index in [-0.39, 0.29) is 0 Å². The van der Waals surface area contributed by atoms with Gasteiger partial charge < -0.3 is 19.7 Å². The first-order valence-corrected chi connectivity index (χ1v) is 7.60. The zero-order valence-corrected chi connectivity index (χ0v) is 13.8. The van der Waals surface area contributed by atoms with E-state index in [0.717, 1.165) is 43.2 Å². The van der Waals surface area contributed by atoms with E-state index in [4.69, 9.17) is 9.47 Å². The lowest BCUT2D eigenvalue weighted by Crippen LogP contribution is -2.36. The average Bonchev–Trinajstić information content (AvgIpc) is 2.45. The number of nitrogens with one attached hydrogen (secondary N) is 1. The van der Waals surface area contributed by atoms with Crippen molar-refractivity contribution >= 4 is 11.9 Å². The third kappa shape index (κ3) is 4.87. The quantitative estimate of drug-likeness (QED) is 0.928. The summed E-state index contributed by atoms with van der Waals surface area (Å²) in [6.45, 7) is 11.2. The van der Waals surface area contributed by atoms with Crippen LogP contribution >= 0.6 is 0 Å². The topological polar surface area (TPSA) is 63.7 Å². The van der Waals surface area contributed by atoms with Crippen molar-refractivity contribution in [1.29, 1.82) is 0 Å². The van der Waals surface area contributed by atoms with Gasteiger partial charge in [0, 0.05) is 25.8 Å². The van der Waals surface area contributed by atoms with Gasteiger partial charge in [-0.25, -0.2) is 9.78 Å². The third-order valence-electron chi connectivity index (χ3n) is 3.36. The van der Waals surface area contributed by atoms with Gasteiger partial charge >= 0.3 is 6.09 Å². The second-order valence-corrected chi connectivity index (χ2v) is 6.42. The fourth-order valence-electron chi connectivity index (χ4n) is 2.20. The van der Waals surface area contributed by atoms with Crippen LogP contribution in [0.1, 0.15) is 31.9 Å². The van der Waals surface area contributed by atoms with Gasteiger partial charge in [-0.3, -0.25) is 0 Å². The van der Waals surface area contributed by atoms with Crippen LogP contribution in [0.2, 0.25) is 0 Å². The Hall–Kier alpha value is -1.82. The van der Waals surface area contributed by atoms with Crippen LogP contribution in [-0.2, 0) is 16.0 Å². The van der Waals surface area contributed by atoms with Gasteiger partial charge in [0.2, 0.25) is 0 Å². The minimum absolute atomic E-state index is 0.413. The molecule has 1 aliphatic heterocycles. The molecule has 0 unspecified atom stereocenters. The SMILES string of the molecule is Cc1cc(N2CCOCC2)ncc1CNC(=O)OC(C)(C)C. The molecule has 1 fully saturated rings. The molecule has 6 heteroatoms. The van der Waals surface area contributed by atoms with Crippen LogP contribution < -0.4 is 10.2 Å². The molecule has 0 bridgehead atoms. The fraction of sp³-hybridized carbons (Fsp3) is 0.625. The Bertz CT molecular complexity index is 520. The molecule has 0 radical (unpaired) electrons. The van der Waals surface area contributed by atoms with Crippen molar-refractivity contribution < 1.29 is 14.3 Å². The van der Waals surface area contributed by atoms with Crippen LogP contribution in [0.5, 0.6) is 0 Å². The summed E-state index contributed by atoms with van der Waals surface area (Å²) in [6.07, 6.45) is 1.40. The number of morpholine rings is 1. The lowest BCUT2D eigenvalue weighted by Gasteiger charge is -2.28. The Morgan fingerprint density at radius 3 is 2.68 bits per heavy atom. The summed E-state index contributed by atoms with van der Waals surface area (Å²) in [5, 5.41) is 2.76. The number of carbonyl (C=O) groups is 1. The number of rotatable bonds is 3. The Morgan fingerprint density at radius 2 is 2.09 bits per heavy atom. The number of aryl methyl sites for hydroxylation is 1. The van der Waals surface area contributed by atoms with Crippen LogP contribution in [-0.4, -0.2) is 43.0 Å². The second kappa shape index (κ2) is 6.96. The van der Waals surface area contributed by atoms with Gasteiger partial charge in [0.1, 0.15) is 11.4 Å². The van der Waals surface area contributed by atoms with Crippen molar-refractivity contribution in [1.82, 2.24) is 10.3 Å². The Kier molecular flexibility index (Phi) is 5.24. The third-order valence-corrected chi connectivity index (χ3v) is 3.36. The highest BCUT2D eigenvalue weighted by Crippen LogP contribution is 2.17. The van der Waals surface area contributed by atoms with E-state index in [9.17, 15) is 4.79 Å². The van der Waals surface area contributed by atoms with Gasteiger partial charge in [0.25, 0.3) is 0 Å². The molecule has 0 aromatic carbocycles. The van der Waals surface area contributed by atoms with Crippen molar-refractivity contribution in [2.75, 3.05) is 31.2 Å². The van der Waals surface area contributed by atoms with Crippen molar-refractivity contribution in [2.24, 2.45) is 0 Å². The number of alkyl carbamates (subject to hydrolysis) is 1. The lowest BCUT2D eigenvalue weighted by molar-refractivity contribution is 0.0523. The summed E-state index contributed by atoms with van der Waals surface area (Å²) < 4.78 is 10.6. The van der Waals surface area contributed by atoms with Gasteiger partial charge in [0.15, 0.2) is 0 Å². The monoisotopic (exact) mass is 307 g/mol. The molecule has 0 saturated carbocycles. The summed E-state index contributed by atoms with van der Waals surface area (Å²) >= 11 is 0. The van der Waals surface area contributed by atoms with Gasteiger partial charge in [-0.15, -0.1) is 0 Å².